The lowest BCUT2D eigenvalue weighted by Gasteiger charge is -2.38. The van der Waals surface area contributed by atoms with Crippen molar-refractivity contribution in [2.75, 3.05) is 0 Å². The fourth-order valence-corrected chi connectivity index (χ4v) is 3.69. The maximum absolute atomic E-state index is 9.63. The number of aromatic hydroxyl groups is 1. The number of phenolic OH excluding ortho intramolecular Hbond substituents is 1. The van der Waals surface area contributed by atoms with Gasteiger partial charge >= 0.3 is 0 Å². The van der Waals surface area contributed by atoms with Crippen LogP contribution < -0.4 is 10.5 Å². The molecule has 0 unspecified atom stereocenters. The van der Waals surface area contributed by atoms with Crippen LogP contribution in [0, 0.1) is 0 Å². The summed E-state index contributed by atoms with van der Waals surface area (Å²) in [4.78, 5) is 10.6. The number of hydrogen-bond donors (Lipinski definition) is 2. The molecule has 0 bridgehead atoms. The van der Waals surface area contributed by atoms with Crippen LogP contribution in [0.15, 0.2) is 48.5 Å². The van der Waals surface area contributed by atoms with E-state index >= 15 is 0 Å². The molecule has 4 nitrogen and oxygen atoms in total. The van der Waals surface area contributed by atoms with Gasteiger partial charge in [0.15, 0.2) is 0 Å². The lowest BCUT2D eigenvalue weighted by Crippen LogP contribution is -2.30. The largest absolute Gasteiger partial charge is 0.508 e. The van der Waals surface area contributed by atoms with Crippen molar-refractivity contribution in [3.63, 3.8) is 0 Å². The maximum atomic E-state index is 9.63. The average molecular weight is 341 g/mol. The molecule has 0 aliphatic heterocycles. The van der Waals surface area contributed by atoms with Gasteiger partial charge in [-0.05, 0) is 67.7 Å². The lowest BCUT2D eigenvalue weighted by atomic mass is 9.65. The fourth-order valence-electron chi connectivity index (χ4n) is 3.69. The van der Waals surface area contributed by atoms with Crippen LogP contribution in [0.1, 0.15) is 57.1 Å². The van der Waals surface area contributed by atoms with Crippen molar-refractivity contribution >= 4 is 0 Å². The van der Waals surface area contributed by atoms with Crippen molar-refractivity contribution in [2.24, 2.45) is 0 Å². The van der Waals surface area contributed by atoms with Crippen molar-refractivity contribution in [3.05, 3.63) is 59.7 Å². The average Bonchev–Trinajstić information content (AvgIpc) is 2.63. The van der Waals surface area contributed by atoms with Gasteiger partial charge in [-0.3, -0.25) is 4.84 Å². The van der Waals surface area contributed by atoms with Gasteiger partial charge in [0.1, 0.15) is 11.5 Å². The molecule has 1 aliphatic carbocycles. The van der Waals surface area contributed by atoms with Gasteiger partial charge in [0.2, 0.25) is 0 Å². The molecule has 134 valence electrons. The molecule has 0 aromatic heterocycles. The first-order valence-corrected chi connectivity index (χ1v) is 9.08. The third-order valence-corrected chi connectivity index (χ3v) is 4.98. The maximum Gasteiger partial charge on any atom is 0.150 e. The fraction of sp³-hybridized carbons (Fsp3) is 0.429. The SMILES string of the molecule is CC(C)ONOc1ccc(C2(c3ccc(O)cc3)CCCCC2)cc1. The predicted octanol–water partition coefficient (Wildman–Crippen LogP) is 4.87. The van der Waals surface area contributed by atoms with Gasteiger partial charge in [0.25, 0.3) is 0 Å². The Morgan fingerprint density at radius 3 is 2.00 bits per heavy atom. The lowest BCUT2D eigenvalue weighted by molar-refractivity contribution is -0.133. The minimum atomic E-state index is 0.0202. The van der Waals surface area contributed by atoms with Crippen LogP contribution in [0.4, 0.5) is 0 Å². The van der Waals surface area contributed by atoms with Crippen molar-refractivity contribution in [1.82, 2.24) is 5.64 Å². The summed E-state index contributed by atoms with van der Waals surface area (Å²) in [5.41, 5.74) is 5.12. The molecular formula is C21H27NO3. The quantitative estimate of drug-likeness (QED) is 0.736. The first-order valence-electron chi connectivity index (χ1n) is 9.08. The molecule has 4 heteroatoms. The van der Waals surface area contributed by atoms with Gasteiger partial charge in [-0.25, -0.2) is 0 Å². The molecule has 3 rings (SSSR count). The summed E-state index contributed by atoms with van der Waals surface area (Å²) in [6.07, 6.45) is 6.06. The number of nitrogens with one attached hydrogen (secondary N) is 1. The minimum Gasteiger partial charge on any atom is -0.508 e. The Morgan fingerprint density at radius 2 is 1.44 bits per heavy atom. The standard InChI is InChI=1S/C21H27NO3/c1-16(2)24-22-25-20-12-8-18(9-13-20)21(14-4-3-5-15-21)17-6-10-19(23)11-7-17/h6-13,16,22-23H,3-5,14-15H2,1-2H3. The zero-order chi connectivity index (χ0) is 17.7. The minimum absolute atomic E-state index is 0.0202. The van der Waals surface area contributed by atoms with Crippen molar-refractivity contribution < 1.29 is 14.8 Å². The topological polar surface area (TPSA) is 50.7 Å². The second-order valence-corrected chi connectivity index (χ2v) is 7.07. The van der Waals surface area contributed by atoms with Crippen LogP contribution in [0.2, 0.25) is 0 Å². The summed E-state index contributed by atoms with van der Waals surface area (Å²) < 4.78 is 0. The number of benzene rings is 2. The first kappa shape index (κ1) is 17.8. The Labute approximate surface area is 149 Å². The van der Waals surface area contributed by atoms with Crippen LogP contribution in [0.25, 0.3) is 0 Å². The molecule has 0 amide bonds. The zero-order valence-electron chi connectivity index (χ0n) is 15.0. The molecular weight excluding hydrogens is 314 g/mol. The van der Waals surface area contributed by atoms with Crippen LogP contribution in [-0.2, 0) is 10.3 Å². The van der Waals surface area contributed by atoms with Gasteiger partial charge < -0.3 is 9.94 Å². The molecule has 0 radical (unpaired) electrons. The summed E-state index contributed by atoms with van der Waals surface area (Å²) in [5.74, 6) is 1.04. The summed E-state index contributed by atoms with van der Waals surface area (Å²) >= 11 is 0. The summed E-state index contributed by atoms with van der Waals surface area (Å²) in [6, 6.07) is 15.9. The second kappa shape index (κ2) is 7.89. The highest BCUT2D eigenvalue weighted by atomic mass is 16.9. The van der Waals surface area contributed by atoms with Gasteiger partial charge in [-0.2, -0.15) is 0 Å². The highest BCUT2D eigenvalue weighted by Crippen LogP contribution is 2.45. The van der Waals surface area contributed by atoms with E-state index in [9.17, 15) is 5.11 Å². The molecule has 0 atom stereocenters. The molecule has 1 fully saturated rings. The predicted molar refractivity (Wildman–Crippen MR) is 98.4 cm³/mol. The van der Waals surface area contributed by atoms with E-state index in [2.05, 4.69) is 29.9 Å². The van der Waals surface area contributed by atoms with Crippen molar-refractivity contribution in [1.29, 1.82) is 0 Å². The summed E-state index contributed by atoms with van der Waals surface area (Å²) in [5, 5.41) is 9.63. The van der Waals surface area contributed by atoms with Crippen LogP contribution in [0.3, 0.4) is 0 Å². The van der Waals surface area contributed by atoms with E-state index in [4.69, 9.17) is 9.68 Å². The second-order valence-electron chi connectivity index (χ2n) is 7.07. The van der Waals surface area contributed by atoms with Gasteiger partial charge in [0.05, 0.1) is 6.10 Å². The molecule has 1 saturated carbocycles. The first-order chi connectivity index (χ1) is 12.1. The van der Waals surface area contributed by atoms with Gasteiger partial charge in [-0.15, -0.1) is 0 Å². The number of hydrogen-bond acceptors (Lipinski definition) is 4. The smallest absolute Gasteiger partial charge is 0.150 e. The van der Waals surface area contributed by atoms with Crippen LogP contribution in [-0.4, -0.2) is 11.2 Å². The van der Waals surface area contributed by atoms with Crippen molar-refractivity contribution in [2.45, 2.75) is 57.5 Å². The zero-order valence-corrected chi connectivity index (χ0v) is 15.0. The Kier molecular flexibility index (Phi) is 5.61. The third kappa shape index (κ3) is 4.14. The molecule has 25 heavy (non-hydrogen) atoms. The highest BCUT2D eigenvalue weighted by Gasteiger charge is 2.35. The van der Waals surface area contributed by atoms with Crippen molar-refractivity contribution in [3.8, 4) is 11.5 Å². The Morgan fingerprint density at radius 1 is 0.880 bits per heavy atom. The molecule has 0 saturated heterocycles. The normalized spacial score (nSPS) is 16.8. The summed E-state index contributed by atoms with van der Waals surface area (Å²) in [6.45, 7) is 3.87. The van der Waals surface area contributed by atoms with E-state index in [1.54, 1.807) is 12.1 Å². The Balaban J connectivity index is 1.83. The monoisotopic (exact) mass is 341 g/mol. The Hall–Kier alpha value is -2.04. The molecule has 0 spiro atoms. The highest BCUT2D eigenvalue weighted by molar-refractivity contribution is 5.43. The number of rotatable bonds is 6. The van der Waals surface area contributed by atoms with Crippen LogP contribution in [0.5, 0.6) is 11.5 Å². The summed E-state index contributed by atoms with van der Waals surface area (Å²) in [7, 11) is 0. The van der Waals surface area contributed by atoms with E-state index in [0.717, 1.165) is 18.6 Å². The molecule has 1 aliphatic rings. The molecule has 2 aromatic carbocycles. The molecule has 2 N–H and O–H groups in total. The van der Waals surface area contributed by atoms with E-state index in [1.807, 2.05) is 26.0 Å². The van der Waals surface area contributed by atoms with E-state index < -0.39 is 0 Å². The van der Waals surface area contributed by atoms with Gasteiger partial charge in [-0.1, -0.05) is 43.5 Å². The molecule has 2 aromatic rings. The molecule has 0 heterocycles. The van der Waals surface area contributed by atoms with E-state index in [-0.39, 0.29) is 11.5 Å². The third-order valence-electron chi connectivity index (χ3n) is 4.98. The van der Waals surface area contributed by atoms with Gasteiger partial charge in [0, 0.05) is 5.41 Å². The van der Waals surface area contributed by atoms with E-state index in [0.29, 0.717) is 5.75 Å². The van der Waals surface area contributed by atoms with Crippen LogP contribution >= 0.6 is 0 Å². The number of phenols is 1. The van der Waals surface area contributed by atoms with E-state index in [1.165, 1.54) is 30.4 Å². The Bertz CT molecular complexity index is 659.